The normalized spacial score (nSPS) is 24.1. The van der Waals surface area contributed by atoms with E-state index in [-0.39, 0.29) is 12.0 Å². The van der Waals surface area contributed by atoms with Crippen LogP contribution < -0.4 is 4.74 Å². The van der Waals surface area contributed by atoms with Crippen LogP contribution in [0.3, 0.4) is 0 Å². The van der Waals surface area contributed by atoms with Crippen LogP contribution in [0.5, 0.6) is 5.75 Å². The summed E-state index contributed by atoms with van der Waals surface area (Å²) in [6, 6.07) is 8.04. The molecule has 1 aromatic rings. The van der Waals surface area contributed by atoms with E-state index in [1.54, 1.807) is 7.11 Å². The molecule has 0 saturated carbocycles. The van der Waals surface area contributed by atoms with Crippen molar-refractivity contribution in [2.45, 2.75) is 32.4 Å². The minimum atomic E-state index is -0.678. The first-order valence-electron chi connectivity index (χ1n) is 6.71. The fourth-order valence-corrected chi connectivity index (χ4v) is 2.77. The van der Waals surface area contributed by atoms with Gasteiger partial charge in [0.15, 0.2) is 0 Å². The molecular formula is C15H21NO3. The number of benzene rings is 1. The molecule has 104 valence electrons. The second kappa shape index (κ2) is 6.06. The van der Waals surface area contributed by atoms with E-state index < -0.39 is 5.97 Å². The first-order valence-corrected chi connectivity index (χ1v) is 6.71. The molecule has 2 atom stereocenters. The van der Waals surface area contributed by atoms with Crippen molar-refractivity contribution in [1.82, 2.24) is 4.90 Å². The van der Waals surface area contributed by atoms with E-state index >= 15 is 0 Å². The fourth-order valence-electron chi connectivity index (χ4n) is 2.77. The second-order valence-electron chi connectivity index (χ2n) is 5.15. The number of rotatable bonds is 4. The van der Waals surface area contributed by atoms with Crippen LogP contribution in [0.4, 0.5) is 0 Å². The maximum Gasteiger partial charge on any atom is 0.308 e. The van der Waals surface area contributed by atoms with Gasteiger partial charge in [-0.15, -0.1) is 0 Å². The smallest absolute Gasteiger partial charge is 0.308 e. The molecule has 0 unspecified atom stereocenters. The Bertz CT molecular complexity index is 447. The van der Waals surface area contributed by atoms with Crippen molar-refractivity contribution in [3.63, 3.8) is 0 Å². The Labute approximate surface area is 114 Å². The van der Waals surface area contributed by atoms with Crippen LogP contribution >= 0.6 is 0 Å². The average molecular weight is 263 g/mol. The summed E-state index contributed by atoms with van der Waals surface area (Å²) in [5, 5.41) is 9.23. The Morgan fingerprint density at radius 3 is 3.00 bits per heavy atom. The Balaban J connectivity index is 2.07. The number of carbonyl (C=O) groups is 1. The van der Waals surface area contributed by atoms with E-state index in [1.807, 2.05) is 25.1 Å². The molecule has 1 fully saturated rings. The number of carboxylic acids is 1. The zero-order valence-corrected chi connectivity index (χ0v) is 11.5. The predicted octanol–water partition coefficient (Wildman–Crippen LogP) is 2.38. The summed E-state index contributed by atoms with van der Waals surface area (Å²) in [4.78, 5) is 13.5. The molecule has 1 aromatic carbocycles. The molecule has 1 saturated heterocycles. The maximum absolute atomic E-state index is 11.2. The van der Waals surface area contributed by atoms with Gasteiger partial charge in [0.1, 0.15) is 5.75 Å². The summed E-state index contributed by atoms with van der Waals surface area (Å²) >= 11 is 0. The standard InChI is InChI=1S/C15H21NO3/c1-11-14(15(17)18)7-4-8-16(11)10-12-5-3-6-13(9-12)19-2/h3,5-6,9,11,14H,4,7-8,10H2,1-2H3,(H,17,18)/t11-,14-/m0/s1. The lowest BCUT2D eigenvalue weighted by atomic mass is 9.90. The summed E-state index contributed by atoms with van der Waals surface area (Å²) in [5.74, 6) is -0.0841. The van der Waals surface area contributed by atoms with Gasteiger partial charge < -0.3 is 9.84 Å². The van der Waals surface area contributed by atoms with Gasteiger partial charge in [-0.05, 0) is 44.0 Å². The molecule has 1 heterocycles. The maximum atomic E-state index is 11.2. The van der Waals surface area contributed by atoms with Crippen LogP contribution in [0, 0.1) is 5.92 Å². The summed E-state index contributed by atoms with van der Waals surface area (Å²) in [6.07, 6.45) is 1.73. The van der Waals surface area contributed by atoms with Crippen molar-refractivity contribution in [3.05, 3.63) is 29.8 Å². The first-order chi connectivity index (χ1) is 9.11. The molecule has 0 bridgehead atoms. The second-order valence-corrected chi connectivity index (χ2v) is 5.15. The molecular weight excluding hydrogens is 242 g/mol. The van der Waals surface area contributed by atoms with Crippen molar-refractivity contribution in [2.75, 3.05) is 13.7 Å². The van der Waals surface area contributed by atoms with E-state index in [1.165, 1.54) is 0 Å². The topological polar surface area (TPSA) is 49.8 Å². The van der Waals surface area contributed by atoms with Gasteiger partial charge in [-0.1, -0.05) is 12.1 Å². The van der Waals surface area contributed by atoms with E-state index in [2.05, 4.69) is 11.0 Å². The number of methoxy groups -OCH3 is 1. The Morgan fingerprint density at radius 2 is 2.32 bits per heavy atom. The molecule has 2 rings (SSSR count). The highest BCUT2D eigenvalue weighted by Gasteiger charge is 2.32. The molecule has 0 spiro atoms. The molecule has 0 aliphatic carbocycles. The van der Waals surface area contributed by atoms with Crippen LogP contribution in [0.2, 0.25) is 0 Å². The van der Waals surface area contributed by atoms with Gasteiger partial charge in [0.25, 0.3) is 0 Å². The third-order valence-corrected chi connectivity index (χ3v) is 3.96. The number of aliphatic carboxylic acids is 1. The van der Waals surface area contributed by atoms with Gasteiger partial charge in [-0.3, -0.25) is 9.69 Å². The van der Waals surface area contributed by atoms with Crippen molar-refractivity contribution in [3.8, 4) is 5.75 Å². The Morgan fingerprint density at radius 1 is 1.53 bits per heavy atom. The van der Waals surface area contributed by atoms with E-state index in [0.29, 0.717) is 0 Å². The number of hydrogen-bond acceptors (Lipinski definition) is 3. The van der Waals surface area contributed by atoms with E-state index in [4.69, 9.17) is 4.74 Å². The molecule has 1 aliphatic heterocycles. The van der Waals surface area contributed by atoms with Crippen molar-refractivity contribution < 1.29 is 14.6 Å². The highest BCUT2D eigenvalue weighted by molar-refractivity contribution is 5.70. The predicted molar refractivity (Wildman–Crippen MR) is 73.2 cm³/mol. The quantitative estimate of drug-likeness (QED) is 0.906. The zero-order chi connectivity index (χ0) is 13.8. The number of hydrogen-bond donors (Lipinski definition) is 1. The van der Waals surface area contributed by atoms with Crippen molar-refractivity contribution >= 4 is 5.97 Å². The first kappa shape index (κ1) is 13.9. The minimum absolute atomic E-state index is 0.0810. The summed E-state index contributed by atoms with van der Waals surface area (Å²) < 4.78 is 5.22. The van der Waals surface area contributed by atoms with Crippen molar-refractivity contribution in [1.29, 1.82) is 0 Å². The Hall–Kier alpha value is -1.55. The molecule has 1 N–H and O–H groups in total. The summed E-state index contributed by atoms with van der Waals surface area (Å²) in [7, 11) is 1.66. The number of ether oxygens (including phenoxy) is 1. The molecule has 0 radical (unpaired) electrons. The van der Waals surface area contributed by atoms with Crippen LogP contribution in [-0.4, -0.2) is 35.7 Å². The van der Waals surface area contributed by atoms with Gasteiger partial charge >= 0.3 is 5.97 Å². The SMILES string of the molecule is COc1cccc(CN2CCC[C@H](C(=O)O)[C@@H]2C)c1. The molecule has 0 aromatic heterocycles. The minimum Gasteiger partial charge on any atom is -0.497 e. The number of likely N-dealkylation sites (tertiary alicyclic amines) is 1. The average Bonchev–Trinajstić information content (AvgIpc) is 2.41. The summed E-state index contributed by atoms with van der Waals surface area (Å²) in [5.41, 5.74) is 1.16. The fraction of sp³-hybridized carbons (Fsp3) is 0.533. The largest absolute Gasteiger partial charge is 0.497 e. The summed E-state index contributed by atoms with van der Waals surface area (Å²) in [6.45, 7) is 3.75. The molecule has 4 nitrogen and oxygen atoms in total. The van der Waals surface area contributed by atoms with Crippen LogP contribution in [0.15, 0.2) is 24.3 Å². The number of nitrogens with zero attached hydrogens (tertiary/aromatic N) is 1. The van der Waals surface area contributed by atoms with Gasteiger partial charge in [-0.2, -0.15) is 0 Å². The number of piperidine rings is 1. The molecule has 1 aliphatic rings. The van der Waals surface area contributed by atoms with E-state index in [0.717, 1.165) is 37.2 Å². The van der Waals surface area contributed by atoms with Gasteiger partial charge in [0, 0.05) is 12.6 Å². The zero-order valence-electron chi connectivity index (χ0n) is 11.5. The van der Waals surface area contributed by atoms with Crippen LogP contribution in [0.25, 0.3) is 0 Å². The lowest BCUT2D eigenvalue weighted by Crippen LogP contribution is -2.45. The lowest BCUT2D eigenvalue weighted by Gasteiger charge is -2.37. The monoisotopic (exact) mass is 263 g/mol. The third-order valence-electron chi connectivity index (χ3n) is 3.96. The lowest BCUT2D eigenvalue weighted by molar-refractivity contribution is -0.145. The third kappa shape index (κ3) is 3.26. The van der Waals surface area contributed by atoms with Crippen LogP contribution in [0.1, 0.15) is 25.3 Å². The van der Waals surface area contributed by atoms with Crippen LogP contribution in [-0.2, 0) is 11.3 Å². The molecule has 0 amide bonds. The number of carboxylic acid groups (broad SMARTS) is 1. The molecule has 4 heteroatoms. The highest BCUT2D eigenvalue weighted by Crippen LogP contribution is 2.26. The van der Waals surface area contributed by atoms with Crippen molar-refractivity contribution in [2.24, 2.45) is 5.92 Å². The highest BCUT2D eigenvalue weighted by atomic mass is 16.5. The van der Waals surface area contributed by atoms with Gasteiger partial charge in [0.05, 0.1) is 13.0 Å². The Kier molecular flexibility index (Phi) is 4.43. The van der Waals surface area contributed by atoms with Gasteiger partial charge in [0.2, 0.25) is 0 Å². The van der Waals surface area contributed by atoms with E-state index in [9.17, 15) is 9.90 Å². The molecule has 19 heavy (non-hydrogen) atoms. The van der Waals surface area contributed by atoms with Gasteiger partial charge in [-0.25, -0.2) is 0 Å².